The Hall–Kier alpha value is -2.60. The average Bonchev–Trinajstić information content (AvgIpc) is 2.55. The van der Waals surface area contributed by atoms with Crippen LogP contribution in [0.15, 0.2) is 58.6 Å². The molecule has 1 heterocycles. The van der Waals surface area contributed by atoms with Crippen molar-refractivity contribution in [2.24, 2.45) is 0 Å². The van der Waals surface area contributed by atoms with Gasteiger partial charge >= 0.3 is 5.97 Å². The van der Waals surface area contributed by atoms with E-state index in [2.05, 4.69) is 14.7 Å². The lowest BCUT2D eigenvalue weighted by atomic mass is 10.2. The van der Waals surface area contributed by atoms with Crippen LogP contribution in [0, 0.1) is 0 Å². The van der Waals surface area contributed by atoms with Gasteiger partial charge in [-0.3, -0.25) is 0 Å². The molecule has 0 aliphatic heterocycles. The largest absolute Gasteiger partial charge is 0.465 e. The van der Waals surface area contributed by atoms with E-state index >= 15 is 0 Å². The molecule has 0 aliphatic carbocycles. The van der Waals surface area contributed by atoms with E-state index in [-0.39, 0.29) is 5.97 Å². The Bertz CT molecular complexity index is 834. The molecule has 0 atom stereocenters. The van der Waals surface area contributed by atoms with Crippen LogP contribution in [-0.2, 0) is 4.74 Å². The molecule has 0 aliphatic rings. The van der Waals surface area contributed by atoms with Crippen molar-refractivity contribution in [3.8, 4) is 0 Å². The number of fused-ring (bicyclic) bond motifs is 1. The molecular formula is C16H13N3O2S. The number of carbonyl (C=O) groups excluding carboxylic acids is 1. The summed E-state index contributed by atoms with van der Waals surface area (Å²) in [6.45, 7) is 0. The number of anilines is 1. The van der Waals surface area contributed by atoms with Gasteiger partial charge in [-0.25, -0.2) is 14.8 Å². The minimum absolute atomic E-state index is 0.359. The fraction of sp³-hybridized carbons (Fsp3) is 0.0625. The highest BCUT2D eigenvalue weighted by molar-refractivity contribution is 7.99. The number of nitrogen functional groups attached to an aromatic ring is 1. The second-order valence-corrected chi connectivity index (χ2v) is 5.57. The van der Waals surface area contributed by atoms with E-state index in [1.165, 1.54) is 18.9 Å². The van der Waals surface area contributed by atoms with Crippen molar-refractivity contribution in [2.75, 3.05) is 12.8 Å². The number of para-hydroxylation sites is 1. The van der Waals surface area contributed by atoms with E-state index in [9.17, 15) is 4.79 Å². The maximum Gasteiger partial charge on any atom is 0.337 e. The fourth-order valence-corrected chi connectivity index (χ4v) is 2.78. The number of ether oxygens (including phenoxy) is 1. The molecule has 22 heavy (non-hydrogen) atoms. The summed E-state index contributed by atoms with van der Waals surface area (Å²) >= 11 is 1.39. The number of nitrogens with two attached hydrogens (primary N) is 1. The van der Waals surface area contributed by atoms with Crippen LogP contribution in [0.3, 0.4) is 0 Å². The van der Waals surface area contributed by atoms with Crippen LogP contribution in [0.25, 0.3) is 10.9 Å². The first kappa shape index (κ1) is 14.3. The summed E-state index contributed by atoms with van der Waals surface area (Å²) in [5, 5.41) is 1.41. The fourth-order valence-electron chi connectivity index (χ4n) is 2.01. The van der Waals surface area contributed by atoms with Crippen molar-refractivity contribution in [3.63, 3.8) is 0 Å². The van der Waals surface area contributed by atoms with Crippen molar-refractivity contribution in [3.05, 3.63) is 54.1 Å². The number of aromatic nitrogens is 2. The standard InChI is InChI=1S/C16H13N3O2S/c1-21-15(20)10-6-8-11(9-7-10)22-16-18-13-5-3-2-4-12(13)14(17)19-16/h2-9H,1H3,(H2,17,18,19). The summed E-state index contributed by atoms with van der Waals surface area (Å²) in [5.74, 6) is 0.0991. The normalized spacial score (nSPS) is 10.6. The van der Waals surface area contributed by atoms with Gasteiger partial charge in [0, 0.05) is 10.3 Å². The minimum Gasteiger partial charge on any atom is -0.465 e. The molecule has 0 saturated carbocycles. The zero-order valence-electron chi connectivity index (χ0n) is 11.8. The molecular weight excluding hydrogens is 298 g/mol. The van der Waals surface area contributed by atoms with Crippen LogP contribution < -0.4 is 5.73 Å². The van der Waals surface area contributed by atoms with E-state index in [1.54, 1.807) is 12.1 Å². The molecule has 0 radical (unpaired) electrons. The van der Waals surface area contributed by atoms with Crippen molar-refractivity contribution in [1.29, 1.82) is 0 Å². The summed E-state index contributed by atoms with van der Waals surface area (Å²) < 4.78 is 4.67. The first-order valence-electron chi connectivity index (χ1n) is 6.56. The van der Waals surface area contributed by atoms with Crippen LogP contribution in [-0.4, -0.2) is 23.0 Å². The topological polar surface area (TPSA) is 78.1 Å². The van der Waals surface area contributed by atoms with Crippen LogP contribution in [0.2, 0.25) is 0 Å². The molecule has 5 nitrogen and oxygen atoms in total. The Morgan fingerprint density at radius 1 is 1.09 bits per heavy atom. The van der Waals surface area contributed by atoms with E-state index in [4.69, 9.17) is 5.73 Å². The summed E-state index contributed by atoms with van der Waals surface area (Å²) in [6.07, 6.45) is 0. The Balaban J connectivity index is 1.88. The molecule has 2 N–H and O–H groups in total. The van der Waals surface area contributed by atoms with E-state index < -0.39 is 0 Å². The maximum absolute atomic E-state index is 11.4. The van der Waals surface area contributed by atoms with E-state index in [1.807, 2.05) is 36.4 Å². The highest BCUT2D eigenvalue weighted by Crippen LogP contribution is 2.28. The smallest absolute Gasteiger partial charge is 0.337 e. The quantitative estimate of drug-likeness (QED) is 0.591. The Morgan fingerprint density at radius 2 is 1.82 bits per heavy atom. The van der Waals surface area contributed by atoms with Gasteiger partial charge in [-0.05, 0) is 48.2 Å². The van der Waals surface area contributed by atoms with Crippen LogP contribution in [0.5, 0.6) is 0 Å². The lowest BCUT2D eigenvalue weighted by Gasteiger charge is -2.05. The lowest BCUT2D eigenvalue weighted by Crippen LogP contribution is -2.00. The predicted octanol–water partition coefficient (Wildman–Crippen LogP) is 3.15. The van der Waals surface area contributed by atoms with Gasteiger partial charge in [0.2, 0.25) is 0 Å². The summed E-state index contributed by atoms with van der Waals surface area (Å²) in [6, 6.07) is 14.7. The SMILES string of the molecule is COC(=O)c1ccc(Sc2nc(N)c3ccccc3n2)cc1. The highest BCUT2D eigenvalue weighted by atomic mass is 32.2. The Kier molecular flexibility index (Phi) is 3.93. The molecule has 0 spiro atoms. The predicted molar refractivity (Wildman–Crippen MR) is 85.9 cm³/mol. The van der Waals surface area contributed by atoms with Gasteiger partial charge in [-0.15, -0.1) is 0 Å². The van der Waals surface area contributed by atoms with Crippen molar-refractivity contribution < 1.29 is 9.53 Å². The number of hydrogen-bond donors (Lipinski definition) is 1. The van der Waals surface area contributed by atoms with Gasteiger partial charge in [0.05, 0.1) is 18.2 Å². The molecule has 1 aromatic heterocycles. The van der Waals surface area contributed by atoms with Crippen molar-refractivity contribution in [1.82, 2.24) is 9.97 Å². The number of benzene rings is 2. The van der Waals surface area contributed by atoms with Crippen molar-refractivity contribution >= 4 is 34.5 Å². The highest BCUT2D eigenvalue weighted by Gasteiger charge is 2.08. The third-order valence-electron chi connectivity index (χ3n) is 3.10. The molecule has 3 aromatic rings. The number of carbonyl (C=O) groups is 1. The van der Waals surface area contributed by atoms with Gasteiger partial charge in [0.15, 0.2) is 5.16 Å². The third-order valence-corrected chi connectivity index (χ3v) is 3.97. The van der Waals surface area contributed by atoms with E-state index in [0.29, 0.717) is 16.5 Å². The molecule has 0 amide bonds. The molecule has 3 rings (SSSR count). The lowest BCUT2D eigenvalue weighted by molar-refractivity contribution is 0.0600. The van der Waals surface area contributed by atoms with Crippen LogP contribution in [0.4, 0.5) is 5.82 Å². The molecule has 6 heteroatoms. The molecule has 2 aromatic carbocycles. The van der Waals surface area contributed by atoms with Gasteiger partial charge in [0.1, 0.15) is 5.82 Å². The Labute approximate surface area is 131 Å². The monoisotopic (exact) mass is 311 g/mol. The summed E-state index contributed by atoms with van der Waals surface area (Å²) in [4.78, 5) is 21.1. The molecule has 0 bridgehead atoms. The summed E-state index contributed by atoms with van der Waals surface area (Å²) in [7, 11) is 1.36. The number of methoxy groups -OCH3 is 1. The molecule has 110 valence electrons. The zero-order valence-corrected chi connectivity index (χ0v) is 12.6. The Morgan fingerprint density at radius 3 is 2.55 bits per heavy atom. The minimum atomic E-state index is -0.359. The summed E-state index contributed by atoms with van der Waals surface area (Å²) in [5.41, 5.74) is 7.28. The van der Waals surface area contributed by atoms with Crippen LogP contribution in [0.1, 0.15) is 10.4 Å². The van der Waals surface area contributed by atoms with Crippen LogP contribution >= 0.6 is 11.8 Å². The van der Waals surface area contributed by atoms with Gasteiger partial charge < -0.3 is 10.5 Å². The van der Waals surface area contributed by atoms with Gasteiger partial charge in [-0.1, -0.05) is 12.1 Å². The number of rotatable bonds is 3. The number of esters is 1. The van der Waals surface area contributed by atoms with Gasteiger partial charge in [0.25, 0.3) is 0 Å². The third kappa shape index (κ3) is 2.87. The molecule has 0 unspecified atom stereocenters. The molecule has 0 saturated heterocycles. The van der Waals surface area contributed by atoms with E-state index in [0.717, 1.165) is 15.8 Å². The molecule has 0 fully saturated rings. The number of nitrogens with zero attached hydrogens (tertiary/aromatic N) is 2. The first-order valence-corrected chi connectivity index (χ1v) is 7.37. The van der Waals surface area contributed by atoms with Gasteiger partial charge in [-0.2, -0.15) is 0 Å². The second kappa shape index (κ2) is 6.03. The second-order valence-electron chi connectivity index (χ2n) is 4.53. The average molecular weight is 311 g/mol. The number of hydrogen-bond acceptors (Lipinski definition) is 6. The first-order chi connectivity index (χ1) is 10.7. The zero-order chi connectivity index (χ0) is 15.5. The van der Waals surface area contributed by atoms with Crippen molar-refractivity contribution in [2.45, 2.75) is 10.1 Å². The maximum atomic E-state index is 11.4.